The number of piperidine rings is 1. The number of aromatic nitrogens is 1. The Kier molecular flexibility index (Phi) is 12.8. The van der Waals surface area contributed by atoms with Gasteiger partial charge in [-0.3, -0.25) is 19.6 Å². The van der Waals surface area contributed by atoms with Gasteiger partial charge >= 0.3 is 0 Å². The third-order valence-electron chi connectivity index (χ3n) is 9.25. The van der Waals surface area contributed by atoms with Crippen molar-refractivity contribution in [3.8, 4) is 0 Å². The molecule has 2 N–H and O–H groups in total. The van der Waals surface area contributed by atoms with Gasteiger partial charge in [-0.2, -0.15) is 0 Å². The van der Waals surface area contributed by atoms with Crippen LogP contribution in [0.15, 0.2) is 69.4 Å². The van der Waals surface area contributed by atoms with Gasteiger partial charge < -0.3 is 20.4 Å². The van der Waals surface area contributed by atoms with Gasteiger partial charge in [0.05, 0.1) is 16.9 Å². The van der Waals surface area contributed by atoms with E-state index in [-0.39, 0.29) is 23.9 Å². The van der Waals surface area contributed by atoms with Crippen molar-refractivity contribution in [2.75, 3.05) is 37.8 Å². The minimum atomic E-state index is -0.232. The van der Waals surface area contributed by atoms with Crippen LogP contribution in [-0.4, -0.2) is 71.5 Å². The Morgan fingerprint density at radius 3 is 2.60 bits per heavy atom. The lowest BCUT2D eigenvalue weighted by molar-refractivity contribution is -0.138. The molecule has 1 aromatic heterocycles. The number of carbonyl (C=O) groups is 2. The van der Waals surface area contributed by atoms with Gasteiger partial charge in [-0.15, -0.1) is 0 Å². The van der Waals surface area contributed by atoms with Crippen LogP contribution in [0.25, 0.3) is 0 Å². The van der Waals surface area contributed by atoms with E-state index in [0.29, 0.717) is 55.0 Å². The Bertz CT molecular complexity index is 1560. The van der Waals surface area contributed by atoms with Crippen LogP contribution in [0.2, 0.25) is 0 Å². The zero-order valence-corrected chi connectivity index (χ0v) is 29.7. The highest BCUT2D eigenvalue weighted by atomic mass is 35.5. The largest absolute Gasteiger partial charge is 0.363 e. The average Bonchev–Trinajstić information content (AvgIpc) is 3.09. The Hall–Kier alpha value is -3.98. The van der Waals surface area contributed by atoms with Crippen molar-refractivity contribution >= 4 is 46.3 Å². The van der Waals surface area contributed by atoms with E-state index in [2.05, 4.69) is 59.6 Å². The molecule has 0 saturated carbocycles. The second-order valence-electron chi connectivity index (χ2n) is 12.7. The lowest BCUT2D eigenvalue weighted by Crippen LogP contribution is -2.45. The van der Waals surface area contributed by atoms with E-state index in [1.165, 1.54) is 0 Å². The van der Waals surface area contributed by atoms with Crippen molar-refractivity contribution in [1.29, 1.82) is 0 Å². The number of aliphatic imine (C=N–C) groups is 2. The Balaban J connectivity index is 1.47. The second-order valence-corrected chi connectivity index (χ2v) is 13.1. The number of pyridine rings is 1. The second kappa shape index (κ2) is 16.7. The Morgan fingerprint density at radius 1 is 1.17 bits per heavy atom. The fourth-order valence-corrected chi connectivity index (χ4v) is 6.10. The molecule has 2 aromatic rings. The van der Waals surface area contributed by atoms with Crippen molar-refractivity contribution in [3.05, 3.63) is 76.1 Å². The van der Waals surface area contributed by atoms with Crippen LogP contribution in [0, 0.1) is 11.8 Å². The number of nitrogens with zero attached hydrogens (tertiary/aromatic N) is 5. The summed E-state index contributed by atoms with van der Waals surface area (Å²) >= 11 is 6.56. The number of benzene rings is 1. The topological polar surface area (TPSA) is 102 Å². The zero-order chi connectivity index (χ0) is 34.1. The minimum absolute atomic E-state index is 0.0574. The maximum atomic E-state index is 13.7. The van der Waals surface area contributed by atoms with E-state index < -0.39 is 0 Å². The van der Waals surface area contributed by atoms with Gasteiger partial charge in [-0.05, 0) is 99.8 Å². The summed E-state index contributed by atoms with van der Waals surface area (Å²) in [6, 6.07) is 8.33. The van der Waals surface area contributed by atoms with Crippen molar-refractivity contribution in [2.45, 2.75) is 79.4 Å². The first-order valence-electron chi connectivity index (χ1n) is 16.7. The van der Waals surface area contributed by atoms with E-state index in [4.69, 9.17) is 16.6 Å². The van der Waals surface area contributed by atoms with Crippen LogP contribution < -0.4 is 10.6 Å². The molecular formula is C37H50ClN7O2. The number of allylic oxidation sites excluding steroid dienone is 2. The van der Waals surface area contributed by atoms with Crippen molar-refractivity contribution in [3.63, 3.8) is 0 Å². The fraction of sp³-hybridized carbons (Fsp3) is 0.486. The van der Waals surface area contributed by atoms with E-state index in [1.54, 1.807) is 13.2 Å². The molecule has 0 aliphatic carbocycles. The Labute approximate surface area is 285 Å². The van der Waals surface area contributed by atoms with Crippen LogP contribution >= 0.6 is 11.6 Å². The van der Waals surface area contributed by atoms with Gasteiger partial charge in [0, 0.05) is 51.5 Å². The van der Waals surface area contributed by atoms with Gasteiger partial charge in [0.2, 0.25) is 5.91 Å². The average molecular weight is 660 g/mol. The van der Waals surface area contributed by atoms with E-state index >= 15 is 0 Å². The number of hydrogen-bond acceptors (Lipinski definition) is 7. The molecule has 4 rings (SSSR count). The smallest absolute Gasteiger partial charge is 0.271 e. The van der Waals surface area contributed by atoms with Crippen LogP contribution in [-0.2, 0) is 29.0 Å². The number of halogens is 1. The number of amides is 2. The minimum Gasteiger partial charge on any atom is -0.363 e. The molecule has 1 aromatic carbocycles. The number of rotatable bonds is 8. The summed E-state index contributed by atoms with van der Waals surface area (Å²) in [7, 11) is 3.54. The van der Waals surface area contributed by atoms with Crippen LogP contribution in [0.3, 0.4) is 0 Å². The number of carbonyl (C=O) groups excluding carboxylic acids is 2. The molecule has 2 atom stereocenters. The lowest BCUT2D eigenvalue weighted by Gasteiger charge is -2.33. The third kappa shape index (κ3) is 9.53. The molecule has 2 unspecified atom stereocenters. The zero-order valence-electron chi connectivity index (χ0n) is 28.9. The van der Waals surface area contributed by atoms with Crippen LogP contribution in [0.5, 0.6) is 0 Å². The molecule has 2 aliphatic rings. The molecule has 1 saturated heterocycles. The lowest BCUT2D eigenvalue weighted by atomic mass is 9.94. The Morgan fingerprint density at radius 2 is 1.91 bits per heavy atom. The van der Waals surface area contributed by atoms with Crippen molar-refractivity contribution < 1.29 is 9.59 Å². The maximum absolute atomic E-state index is 13.7. The first kappa shape index (κ1) is 35.9. The molecule has 2 aliphatic heterocycles. The summed E-state index contributed by atoms with van der Waals surface area (Å²) in [6.45, 7) is 11.8. The molecule has 0 radical (unpaired) electrons. The van der Waals surface area contributed by atoms with Crippen molar-refractivity contribution in [1.82, 2.24) is 14.8 Å². The molecule has 4 bridgehead atoms. The molecular weight excluding hydrogens is 610 g/mol. The van der Waals surface area contributed by atoms with Crippen molar-refractivity contribution in [2.24, 2.45) is 21.8 Å². The molecule has 9 nitrogen and oxygen atoms in total. The predicted molar refractivity (Wildman–Crippen MR) is 194 cm³/mol. The highest BCUT2D eigenvalue weighted by molar-refractivity contribution is 6.45. The summed E-state index contributed by atoms with van der Waals surface area (Å²) in [5.41, 5.74) is 6.77. The summed E-state index contributed by atoms with van der Waals surface area (Å²) in [6.07, 6.45) is 11.1. The van der Waals surface area contributed by atoms with Gasteiger partial charge in [0.1, 0.15) is 17.7 Å². The highest BCUT2D eigenvalue weighted by Crippen LogP contribution is 2.25. The van der Waals surface area contributed by atoms with Gasteiger partial charge in [0.25, 0.3) is 5.91 Å². The van der Waals surface area contributed by atoms with E-state index in [0.717, 1.165) is 52.9 Å². The number of fused-ring (bicyclic) bond motifs is 4. The number of nitrogens with one attached hydrogen (secondary N) is 2. The summed E-state index contributed by atoms with van der Waals surface area (Å²) < 4.78 is 0. The van der Waals surface area contributed by atoms with Gasteiger partial charge in [-0.25, -0.2) is 4.99 Å². The quantitative estimate of drug-likeness (QED) is 0.302. The summed E-state index contributed by atoms with van der Waals surface area (Å²) in [5, 5.41) is 7.34. The number of amidine groups is 1. The summed E-state index contributed by atoms with van der Waals surface area (Å²) in [4.78, 5) is 44.1. The van der Waals surface area contributed by atoms with Gasteiger partial charge in [0.15, 0.2) is 0 Å². The number of hydrogen-bond donors (Lipinski definition) is 2. The molecule has 252 valence electrons. The molecule has 2 amide bonds. The number of aryl methyl sites for hydroxylation is 2. The SMILES string of the molecule is C/C=C(Cl)\C1=N/C(C)Nc2cncc(c2)CCc2cc(ccc2CN(C)C(=O)C2CCN(C(=O)C(/C=C(/C)C(C)CC)=NC)CC2)N1. The molecule has 47 heavy (non-hydrogen) atoms. The monoisotopic (exact) mass is 659 g/mol. The summed E-state index contributed by atoms with van der Waals surface area (Å²) in [5.74, 6) is 0.901. The highest BCUT2D eigenvalue weighted by Gasteiger charge is 2.30. The van der Waals surface area contributed by atoms with Crippen LogP contribution in [0.4, 0.5) is 11.4 Å². The number of likely N-dealkylation sites (tertiary alicyclic amines) is 1. The third-order valence-corrected chi connectivity index (χ3v) is 9.65. The molecule has 10 heteroatoms. The standard InChI is InChI=1S/C37H50ClN7O2/c1-8-24(3)25(4)18-34(39-6)37(47)45-16-14-28(15-17-45)36(46)44(7)23-30-12-13-31-20-29(30)11-10-27-19-32(22-40-21-27)41-26(5)42-35(43-31)33(38)9-2/h9,12-13,18-22,24,26,28,41H,8,10-11,14-17,23H2,1-7H3,(H,42,43)/b25-18-,33-9+,39-34?. The normalized spacial score (nSPS) is 20.0. The molecule has 3 heterocycles. The van der Waals surface area contributed by atoms with Crippen LogP contribution in [0.1, 0.15) is 70.6 Å². The number of anilines is 2. The fourth-order valence-electron chi connectivity index (χ4n) is 6.01. The van der Waals surface area contributed by atoms with E-state index in [9.17, 15) is 9.59 Å². The first-order chi connectivity index (χ1) is 22.5. The first-order valence-corrected chi connectivity index (χ1v) is 17.1. The maximum Gasteiger partial charge on any atom is 0.271 e. The molecule has 0 spiro atoms. The van der Waals surface area contributed by atoms with Gasteiger partial charge in [-0.1, -0.05) is 43.2 Å². The predicted octanol–water partition coefficient (Wildman–Crippen LogP) is 6.85. The van der Waals surface area contributed by atoms with E-state index in [1.807, 2.05) is 55.1 Å². The molecule has 1 fully saturated rings.